The highest BCUT2D eigenvalue weighted by atomic mass is 32.2. The number of hydrogen-bond donors (Lipinski definition) is 1. The number of hydrogen-bond acceptors (Lipinski definition) is 3. The summed E-state index contributed by atoms with van der Waals surface area (Å²) in [5, 5.41) is 5.76. The molecular formula is C10H16F3N3O2S. The Morgan fingerprint density at radius 1 is 1.37 bits per heavy atom. The number of halogens is 3. The average Bonchev–Trinajstić information content (AvgIpc) is 2.81. The van der Waals surface area contributed by atoms with Gasteiger partial charge in [-0.2, -0.15) is 22.6 Å². The molecule has 0 saturated carbocycles. The SMILES string of the molecule is CCC(CC)N(CC(F)(F)F)S(=O)(=O)c1cn[nH]c1. The molecule has 0 fully saturated rings. The van der Waals surface area contributed by atoms with E-state index >= 15 is 0 Å². The highest BCUT2D eigenvalue weighted by Gasteiger charge is 2.40. The van der Waals surface area contributed by atoms with Gasteiger partial charge in [0.05, 0.1) is 6.20 Å². The molecule has 0 aromatic carbocycles. The molecule has 0 bridgehead atoms. The van der Waals surface area contributed by atoms with E-state index in [0.717, 1.165) is 12.4 Å². The maximum atomic E-state index is 12.6. The molecule has 1 heterocycles. The lowest BCUT2D eigenvalue weighted by Gasteiger charge is -2.29. The molecule has 0 aliphatic heterocycles. The topological polar surface area (TPSA) is 66.1 Å². The monoisotopic (exact) mass is 299 g/mol. The first-order chi connectivity index (χ1) is 8.72. The van der Waals surface area contributed by atoms with Crippen molar-refractivity contribution >= 4 is 10.0 Å². The van der Waals surface area contributed by atoms with Crippen LogP contribution in [0, 0.1) is 0 Å². The van der Waals surface area contributed by atoms with Gasteiger partial charge in [0.2, 0.25) is 10.0 Å². The number of nitrogens with zero attached hydrogens (tertiary/aromatic N) is 2. The zero-order chi connectivity index (χ0) is 14.7. The van der Waals surface area contributed by atoms with Gasteiger partial charge in [-0.05, 0) is 12.8 Å². The van der Waals surface area contributed by atoms with E-state index < -0.39 is 28.8 Å². The first-order valence-electron chi connectivity index (χ1n) is 5.79. The molecule has 19 heavy (non-hydrogen) atoms. The van der Waals surface area contributed by atoms with Crippen LogP contribution in [0.3, 0.4) is 0 Å². The third kappa shape index (κ3) is 3.93. The molecule has 110 valence electrons. The van der Waals surface area contributed by atoms with E-state index in [1.54, 1.807) is 13.8 Å². The fourth-order valence-electron chi connectivity index (χ4n) is 1.80. The molecule has 1 rings (SSSR count). The maximum Gasteiger partial charge on any atom is 0.402 e. The van der Waals surface area contributed by atoms with Crippen molar-refractivity contribution in [2.24, 2.45) is 0 Å². The lowest BCUT2D eigenvalue weighted by Crippen LogP contribution is -2.45. The van der Waals surface area contributed by atoms with E-state index in [9.17, 15) is 21.6 Å². The van der Waals surface area contributed by atoms with Crippen molar-refractivity contribution in [2.75, 3.05) is 6.54 Å². The smallest absolute Gasteiger partial charge is 0.284 e. The van der Waals surface area contributed by atoms with Crippen molar-refractivity contribution < 1.29 is 21.6 Å². The summed E-state index contributed by atoms with van der Waals surface area (Å²) in [6.45, 7) is 1.82. The van der Waals surface area contributed by atoms with E-state index in [2.05, 4.69) is 10.2 Å². The summed E-state index contributed by atoms with van der Waals surface area (Å²) < 4.78 is 62.6. The van der Waals surface area contributed by atoms with Crippen molar-refractivity contribution in [3.63, 3.8) is 0 Å². The molecule has 0 amide bonds. The van der Waals surface area contributed by atoms with Crippen molar-refractivity contribution in [3.05, 3.63) is 12.4 Å². The van der Waals surface area contributed by atoms with Crippen LogP contribution in [0.15, 0.2) is 17.3 Å². The predicted molar refractivity (Wildman–Crippen MR) is 62.9 cm³/mol. The largest absolute Gasteiger partial charge is 0.402 e. The van der Waals surface area contributed by atoms with Gasteiger partial charge in [-0.1, -0.05) is 13.8 Å². The van der Waals surface area contributed by atoms with Crippen LogP contribution >= 0.6 is 0 Å². The van der Waals surface area contributed by atoms with Gasteiger partial charge in [0.25, 0.3) is 0 Å². The summed E-state index contributed by atoms with van der Waals surface area (Å²) in [5.41, 5.74) is 0. The Morgan fingerprint density at radius 3 is 2.32 bits per heavy atom. The van der Waals surface area contributed by atoms with Gasteiger partial charge in [0.1, 0.15) is 11.4 Å². The van der Waals surface area contributed by atoms with Gasteiger partial charge in [0.15, 0.2) is 0 Å². The molecule has 9 heteroatoms. The summed E-state index contributed by atoms with van der Waals surface area (Å²) in [4.78, 5) is -0.261. The van der Waals surface area contributed by atoms with E-state index in [4.69, 9.17) is 0 Å². The molecule has 0 unspecified atom stereocenters. The van der Waals surface area contributed by atoms with Crippen LogP contribution in [-0.4, -0.2) is 41.7 Å². The summed E-state index contributed by atoms with van der Waals surface area (Å²) in [6.07, 6.45) is -1.89. The van der Waals surface area contributed by atoms with E-state index in [1.807, 2.05) is 0 Å². The van der Waals surface area contributed by atoms with Crippen LogP contribution in [0.4, 0.5) is 13.2 Å². The molecular weight excluding hydrogens is 283 g/mol. The van der Waals surface area contributed by atoms with Crippen LogP contribution in [-0.2, 0) is 10.0 Å². The highest BCUT2D eigenvalue weighted by Crippen LogP contribution is 2.26. The number of aromatic amines is 1. The average molecular weight is 299 g/mol. The lowest BCUT2D eigenvalue weighted by molar-refractivity contribution is -0.139. The molecule has 5 nitrogen and oxygen atoms in total. The molecule has 0 atom stereocenters. The Labute approximate surface area is 109 Å². The fraction of sp³-hybridized carbons (Fsp3) is 0.700. The second-order valence-corrected chi connectivity index (χ2v) is 5.96. The lowest BCUT2D eigenvalue weighted by atomic mass is 10.2. The van der Waals surface area contributed by atoms with Crippen LogP contribution < -0.4 is 0 Å². The molecule has 0 spiro atoms. The second-order valence-electron chi connectivity index (χ2n) is 4.07. The van der Waals surface area contributed by atoms with Crippen molar-refractivity contribution in [1.82, 2.24) is 14.5 Å². The summed E-state index contributed by atoms with van der Waals surface area (Å²) in [6, 6.07) is -0.693. The van der Waals surface area contributed by atoms with E-state index in [-0.39, 0.29) is 4.90 Å². The van der Waals surface area contributed by atoms with Crippen molar-refractivity contribution in [3.8, 4) is 0 Å². The number of H-pyrrole nitrogens is 1. The Hall–Kier alpha value is -1.09. The van der Waals surface area contributed by atoms with Crippen molar-refractivity contribution in [1.29, 1.82) is 0 Å². The third-order valence-electron chi connectivity index (χ3n) is 2.76. The molecule has 1 aromatic rings. The van der Waals surface area contributed by atoms with Gasteiger partial charge >= 0.3 is 6.18 Å². The fourth-order valence-corrected chi connectivity index (χ4v) is 3.46. The Balaban J connectivity index is 3.16. The summed E-state index contributed by atoms with van der Waals surface area (Å²) >= 11 is 0. The van der Waals surface area contributed by atoms with Crippen LogP contribution in [0.2, 0.25) is 0 Å². The summed E-state index contributed by atoms with van der Waals surface area (Å²) in [7, 11) is -4.19. The number of alkyl halides is 3. The van der Waals surface area contributed by atoms with Gasteiger partial charge in [-0.25, -0.2) is 8.42 Å². The number of nitrogens with one attached hydrogen (secondary N) is 1. The maximum absolute atomic E-state index is 12.6. The second kappa shape index (κ2) is 5.91. The Bertz CT molecular complexity index is 481. The minimum Gasteiger partial charge on any atom is -0.284 e. The normalized spacial score (nSPS) is 13.4. The molecule has 0 aliphatic carbocycles. The molecule has 1 aromatic heterocycles. The zero-order valence-corrected chi connectivity index (χ0v) is 11.4. The van der Waals surface area contributed by atoms with Gasteiger partial charge in [-0.3, -0.25) is 5.10 Å². The zero-order valence-electron chi connectivity index (χ0n) is 10.6. The Kier molecular flexibility index (Phi) is 4.97. The molecule has 1 N–H and O–H groups in total. The number of rotatable bonds is 6. The van der Waals surface area contributed by atoms with Gasteiger partial charge in [-0.15, -0.1) is 0 Å². The molecule has 0 aliphatic rings. The first-order valence-corrected chi connectivity index (χ1v) is 7.23. The quantitative estimate of drug-likeness (QED) is 0.875. The van der Waals surface area contributed by atoms with Crippen molar-refractivity contribution in [2.45, 2.75) is 43.8 Å². The van der Waals surface area contributed by atoms with E-state index in [1.165, 1.54) is 0 Å². The first kappa shape index (κ1) is 16.0. The summed E-state index contributed by atoms with van der Waals surface area (Å²) in [5.74, 6) is 0. The van der Waals surface area contributed by atoms with Gasteiger partial charge in [0, 0.05) is 12.2 Å². The number of sulfonamides is 1. The van der Waals surface area contributed by atoms with Gasteiger partial charge < -0.3 is 0 Å². The minimum absolute atomic E-state index is 0.261. The standard InChI is InChI=1S/C10H16F3N3O2S/c1-3-8(4-2)16(7-10(11,12)13)19(17,18)9-5-14-15-6-9/h5-6,8H,3-4,7H2,1-2H3,(H,14,15). The highest BCUT2D eigenvalue weighted by molar-refractivity contribution is 7.89. The predicted octanol–water partition coefficient (Wildman–Crippen LogP) is 2.15. The molecule has 0 radical (unpaired) electrons. The molecule has 0 saturated heterocycles. The third-order valence-corrected chi connectivity index (χ3v) is 4.63. The van der Waals surface area contributed by atoms with E-state index in [0.29, 0.717) is 17.1 Å². The van der Waals surface area contributed by atoms with Crippen LogP contribution in [0.1, 0.15) is 26.7 Å². The number of aromatic nitrogens is 2. The van der Waals surface area contributed by atoms with Crippen LogP contribution in [0.25, 0.3) is 0 Å². The Morgan fingerprint density at radius 2 is 1.95 bits per heavy atom. The van der Waals surface area contributed by atoms with Crippen LogP contribution in [0.5, 0.6) is 0 Å². The minimum atomic E-state index is -4.58.